The highest BCUT2D eigenvalue weighted by Gasteiger charge is 2.22. The summed E-state index contributed by atoms with van der Waals surface area (Å²) in [5.74, 6) is -3.01. The maximum absolute atomic E-state index is 12.6. The van der Waals surface area contributed by atoms with Gasteiger partial charge >= 0.3 is 11.9 Å². The van der Waals surface area contributed by atoms with Gasteiger partial charge in [-0.25, -0.2) is 24.5 Å². The van der Waals surface area contributed by atoms with Crippen LogP contribution < -0.4 is 10.1 Å². The summed E-state index contributed by atoms with van der Waals surface area (Å²) in [4.78, 5) is 49.7. The molecule has 144 valence electrons. The molecule has 11 nitrogen and oxygen atoms in total. The largest absolute Gasteiger partial charge is 0.481 e. The van der Waals surface area contributed by atoms with Crippen LogP contribution in [0.1, 0.15) is 34.1 Å². The van der Waals surface area contributed by atoms with E-state index in [1.165, 1.54) is 12.7 Å². The molecule has 11 heteroatoms. The van der Waals surface area contributed by atoms with E-state index in [2.05, 4.69) is 25.3 Å². The zero-order valence-electron chi connectivity index (χ0n) is 14.5. The summed E-state index contributed by atoms with van der Waals surface area (Å²) >= 11 is 0. The van der Waals surface area contributed by atoms with Gasteiger partial charge in [0.15, 0.2) is 17.6 Å². The Balaban J connectivity index is 1.84. The van der Waals surface area contributed by atoms with Crippen LogP contribution in [-0.2, 0) is 4.79 Å². The minimum atomic E-state index is -1.31. The Kier molecular flexibility index (Phi) is 5.16. The van der Waals surface area contributed by atoms with Crippen molar-refractivity contribution in [2.24, 2.45) is 0 Å². The molecule has 0 spiro atoms. The molecular weight excluding hydrogens is 370 g/mol. The van der Waals surface area contributed by atoms with Crippen LogP contribution in [0.2, 0.25) is 0 Å². The van der Waals surface area contributed by atoms with Gasteiger partial charge in [-0.1, -0.05) is 6.92 Å². The third-order valence-electron chi connectivity index (χ3n) is 3.81. The second-order valence-corrected chi connectivity index (χ2v) is 5.68. The van der Waals surface area contributed by atoms with E-state index in [1.807, 2.05) is 0 Å². The average Bonchev–Trinajstić information content (AvgIpc) is 3.15. The van der Waals surface area contributed by atoms with Gasteiger partial charge < -0.3 is 25.3 Å². The second-order valence-electron chi connectivity index (χ2n) is 5.68. The standard InChI is InChI=1S/C17H15N5O6/c1-2-11(15(23)22-14-12-13(19-6-18-12)20-7-21-14)28-10-4-8(16(24)25)3-9(5-10)17(26)27/h3-7,11H,2H2,1H3,(H,24,25)(H,26,27)(H2,18,19,20,21,22,23). The number of rotatable bonds is 7. The quantitative estimate of drug-likeness (QED) is 0.471. The zero-order chi connectivity index (χ0) is 20.3. The highest BCUT2D eigenvalue weighted by molar-refractivity contribution is 5.99. The van der Waals surface area contributed by atoms with Crippen molar-refractivity contribution >= 4 is 34.8 Å². The molecule has 2 heterocycles. The van der Waals surface area contributed by atoms with E-state index in [4.69, 9.17) is 14.9 Å². The molecule has 3 rings (SSSR count). The molecule has 3 aromatic rings. The molecule has 0 bridgehead atoms. The van der Waals surface area contributed by atoms with E-state index in [1.54, 1.807) is 6.92 Å². The Morgan fingerprint density at radius 3 is 2.39 bits per heavy atom. The number of ether oxygens (including phenoxy) is 1. The fourth-order valence-electron chi connectivity index (χ4n) is 2.46. The number of carboxylic acids is 2. The number of carboxylic acid groups (broad SMARTS) is 2. The lowest BCUT2D eigenvalue weighted by atomic mass is 10.1. The normalized spacial score (nSPS) is 11.8. The number of benzene rings is 1. The van der Waals surface area contributed by atoms with Crippen molar-refractivity contribution in [3.05, 3.63) is 42.0 Å². The maximum Gasteiger partial charge on any atom is 0.335 e. The molecule has 1 unspecified atom stereocenters. The van der Waals surface area contributed by atoms with Gasteiger partial charge in [0, 0.05) is 0 Å². The Hall–Kier alpha value is -4.02. The predicted octanol–water partition coefficient (Wildman–Crippen LogP) is 1.55. The van der Waals surface area contributed by atoms with Gasteiger partial charge in [0.25, 0.3) is 5.91 Å². The third kappa shape index (κ3) is 3.87. The SMILES string of the molecule is CCC(Oc1cc(C(=O)O)cc(C(=O)O)c1)C(=O)Nc1ncnc2nc[nH]c12. The fourth-order valence-corrected chi connectivity index (χ4v) is 2.46. The Bertz CT molecular complexity index is 1030. The topological polar surface area (TPSA) is 167 Å². The number of imidazole rings is 1. The molecule has 0 saturated heterocycles. The molecule has 0 aliphatic heterocycles. The number of nitrogens with zero attached hydrogens (tertiary/aromatic N) is 3. The summed E-state index contributed by atoms with van der Waals surface area (Å²) < 4.78 is 5.56. The van der Waals surface area contributed by atoms with Crippen molar-refractivity contribution in [1.82, 2.24) is 19.9 Å². The number of nitrogens with one attached hydrogen (secondary N) is 2. The number of carbonyl (C=O) groups is 3. The van der Waals surface area contributed by atoms with Crippen molar-refractivity contribution in [3.63, 3.8) is 0 Å². The van der Waals surface area contributed by atoms with Crippen molar-refractivity contribution in [2.45, 2.75) is 19.4 Å². The maximum atomic E-state index is 12.6. The van der Waals surface area contributed by atoms with Crippen molar-refractivity contribution in [3.8, 4) is 5.75 Å². The number of H-pyrrole nitrogens is 1. The number of amides is 1. The lowest BCUT2D eigenvalue weighted by Crippen LogP contribution is -2.33. The van der Waals surface area contributed by atoms with Gasteiger partial charge in [-0.2, -0.15) is 0 Å². The van der Waals surface area contributed by atoms with Crippen LogP contribution in [-0.4, -0.2) is 54.1 Å². The van der Waals surface area contributed by atoms with Gasteiger partial charge in [-0.05, 0) is 24.6 Å². The molecule has 2 aromatic heterocycles. The van der Waals surface area contributed by atoms with E-state index in [9.17, 15) is 14.4 Å². The molecule has 4 N–H and O–H groups in total. The summed E-state index contributed by atoms with van der Waals surface area (Å²) in [6, 6.07) is 3.32. The van der Waals surface area contributed by atoms with Crippen molar-refractivity contribution in [1.29, 1.82) is 0 Å². The smallest absolute Gasteiger partial charge is 0.335 e. The van der Waals surface area contributed by atoms with Crippen LogP contribution in [0.4, 0.5) is 5.82 Å². The minimum Gasteiger partial charge on any atom is -0.481 e. The minimum absolute atomic E-state index is 0.0475. The lowest BCUT2D eigenvalue weighted by Gasteiger charge is -2.17. The fraction of sp³-hybridized carbons (Fsp3) is 0.176. The third-order valence-corrected chi connectivity index (χ3v) is 3.81. The van der Waals surface area contributed by atoms with Crippen LogP contribution in [0, 0.1) is 0 Å². The number of carbonyl (C=O) groups excluding carboxylic acids is 1. The predicted molar refractivity (Wildman–Crippen MR) is 95.4 cm³/mol. The highest BCUT2D eigenvalue weighted by atomic mass is 16.5. The van der Waals surface area contributed by atoms with E-state index < -0.39 is 23.9 Å². The number of fused-ring (bicyclic) bond motifs is 1. The van der Waals surface area contributed by atoms with E-state index in [0.29, 0.717) is 11.2 Å². The lowest BCUT2D eigenvalue weighted by molar-refractivity contribution is -0.122. The van der Waals surface area contributed by atoms with Gasteiger partial charge in [-0.3, -0.25) is 4.79 Å². The Morgan fingerprint density at radius 1 is 1.11 bits per heavy atom. The Morgan fingerprint density at radius 2 is 1.79 bits per heavy atom. The van der Waals surface area contributed by atoms with Gasteiger partial charge in [0.05, 0.1) is 17.5 Å². The molecule has 0 saturated carbocycles. The number of anilines is 1. The summed E-state index contributed by atoms with van der Waals surface area (Å²) in [6.45, 7) is 1.69. The molecule has 0 aliphatic carbocycles. The van der Waals surface area contributed by atoms with Crippen LogP contribution in [0.3, 0.4) is 0 Å². The number of hydrogen-bond acceptors (Lipinski definition) is 7. The molecule has 1 atom stereocenters. The molecule has 0 fully saturated rings. The number of aromatic nitrogens is 4. The monoisotopic (exact) mass is 385 g/mol. The molecule has 1 aromatic carbocycles. The summed E-state index contributed by atoms with van der Waals surface area (Å²) in [7, 11) is 0. The molecule has 1 amide bonds. The highest BCUT2D eigenvalue weighted by Crippen LogP contribution is 2.21. The number of aromatic amines is 1. The first-order valence-corrected chi connectivity index (χ1v) is 8.12. The average molecular weight is 385 g/mol. The van der Waals surface area contributed by atoms with Crippen LogP contribution >= 0.6 is 0 Å². The second kappa shape index (κ2) is 7.70. The van der Waals surface area contributed by atoms with E-state index >= 15 is 0 Å². The number of aromatic carboxylic acids is 2. The van der Waals surface area contributed by atoms with Crippen LogP contribution in [0.25, 0.3) is 11.2 Å². The van der Waals surface area contributed by atoms with Gasteiger partial charge in [0.2, 0.25) is 0 Å². The van der Waals surface area contributed by atoms with Gasteiger partial charge in [-0.15, -0.1) is 0 Å². The first kappa shape index (κ1) is 18.8. The molecular formula is C17H15N5O6. The summed E-state index contributed by atoms with van der Waals surface area (Å²) in [5.41, 5.74) is 0.284. The van der Waals surface area contributed by atoms with Crippen LogP contribution in [0.5, 0.6) is 5.75 Å². The summed E-state index contributed by atoms with van der Waals surface area (Å²) in [6.07, 6.45) is 1.88. The van der Waals surface area contributed by atoms with E-state index in [-0.39, 0.29) is 29.1 Å². The van der Waals surface area contributed by atoms with E-state index in [0.717, 1.165) is 18.2 Å². The zero-order valence-corrected chi connectivity index (χ0v) is 14.5. The first-order chi connectivity index (χ1) is 13.4. The van der Waals surface area contributed by atoms with Crippen molar-refractivity contribution in [2.75, 3.05) is 5.32 Å². The van der Waals surface area contributed by atoms with Gasteiger partial charge in [0.1, 0.15) is 17.6 Å². The Labute approximate surface area is 157 Å². The molecule has 0 radical (unpaired) electrons. The first-order valence-electron chi connectivity index (χ1n) is 8.12. The molecule has 28 heavy (non-hydrogen) atoms. The molecule has 0 aliphatic rings. The summed E-state index contributed by atoms with van der Waals surface area (Å²) in [5, 5.41) is 20.9. The van der Waals surface area contributed by atoms with Crippen molar-refractivity contribution < 1.29 is 29.3 Å². The number of hydrogen-bond donors (Lipinski definition) is 4. The van der Waals surface area contributed by atoms with Crippen LogP contribution in [0.15, 0.2) is 30.9 Å².